The highest BCUT2D eigenvalue weighted by molar-refractivity contribution is 5.91. The van der Waals surface area contributed by atoms with Gasteiger partial charge in [-0.25, -0.2) is 0 Å². The molecule has 1 aliphatic carbocycles. The molecule has 0 fully saturated rings. The van der Waals surface area contributed by atoms with Gasteiger partial charge in [0.15, 0.2) is 11.4 Å². The number of hydrogen-bond donors (Lipinski definition) is 1. The summed E-state index contributed by atoms with van der Waals surface area (Å²) >= 11 is 0. The molecule has 0 amide bonds. The first kappa shape index (κ1) is 12.1. The van der Waals surface area contributed by atoms with Crippen LogP contribution in [0.3, 0.4) is 0 Å². The van der Waals surface area contributed by atoms with E-state index in [1.165, 1.54) is 0 Å². The zero-order valence-electron chi connectivity index (χ0n) is 10.3. The predicted octanol–water partition coefficient (Wildman–Crippen LogP) is 2.60. The first-order valence-electron chi connectivity index (χ1n) is 6.07. The highest BCUT2D eigenvalue weighted by Gasteiger charge is 2.44. The number of benzene rings is 1. The van der Waals surface area contributed by atoms with Gasteiger partial charge in [-0.3, -0.25) is 4.79 Å². The van der Waals surface area contributed by atoms with Crippen LogP contribution in [0, 0.1) is 5.92 Å². The van der Waals surface area contributed by atoms with E-state index in [2.05, 4.69) is 0 Å². The fourth-order valence-corrected chi connectivity index (χ4v) is 2.63. The molecule has 0 saturated carbocycles. The molecule has 2 nitrogen and oxygen atoms in total. The third-order valence-electron chi connectivity index (χ3n) is 3.61. The van der Waals surface area contributed by atoms with Crippen LogP contribution >= 0.6 is 0 Å². The normalized spacial score (nSPS) is 25.9. The van der Waals surface area contributed by atoms with Gasteiger partial charge in [-0.15, -0.1) is 0 Å². The lowest BCUT2D eigenvalue weighted by Gasteiger charge is -2.36. The number of aryl methyl sites for hydroxylation is 1. The van der Waals surface area contributed by atoms with Crippen molar-refractivity contribution in [3.8, 4) is 0 Å². The van der Waals surface area contributed by atoms with E-state index in [0.29, 0.717) is 6.42 Å². The van der Waals surface area contributed by atoms with E-state index in [0.717, 1.165) is 17.5 Å². The Kier molecular flexibility index (Phi) is 3.16. The first-order valence-corrected chi connectivity index (χ1v) is 6.07. The van der Waals surface area contributed by atoms with Gasteiger partial charge in [0, 0.05) is 12.3 Å². The van der Waals surface area contributed by atoms with E-state index in [4.69, 9.17) is 0 Å². The molecule has 0 saturated heterocycles. The summed E-state index contributed by atoms with van der Waals surface area (Å²) in [7, 11) is 0. The summed E-state index contributed by atoms with van der Waals surface area (Å²) in [6.45, 7) is 3.79. The number of carbonyl (C=O) groups excluding carboxylic acids is 1. The minimum absolute atomic E-state index is 0.0678. The maximum atomic E-state index is 12.1. The van der Waals surface area contributed by atoms with Crippen molar-refractivity contribution in [1.82, 2.24) is 0 Å². The Morgan fingerprint density at radius 1 is 1.35 bits per heavy atom. The van der Waals surface area contributed by atoms with Crippen LogP contribution in [-0.4, -0.2) is 10.9 Å². The second-order valence-corrected chi connectivity index (χ2v) is 4.66. The maximum Gasteiger partial charge on any atom is 0.169 e. The molecule has 2 atom stereocenters. The Hall–Kier alpha value is -1.41. The number of carbonyl (C=O) groups is 1. The molecule has 1 aromatic carbocycles. The Balaban J connectivity index is 2.55. The number of fused-ring (bicyclic) bond motifs is 1. The molecular weight excluding hydrogens is 212 g/mol. The van der Waals surface area contributed by atoms with Crippen LogP contribution < -0.4 is 0 Å². The van der Waals surface area contributed by atoms with Gasteiger partial charge in [-0.05, 0) is 24.5 Å². The van der Waals surface area contributed by atoms with Crippen molar-refractivity contribution in [3.05, 3.63) is 47.5 Å². The highest BCUT2D eigenvalue weighted by Crippen LogP contribution is 2.38. The van der Waals surface area contributed by atoms with Crippen LogP contribution in [0.1, 0.15) is 31.4 Å². The second-order valence-electron chi connectivity index (χ2n) is 4.66. The Morgan fingerprint density at radius 2 is 2.06 bits per heavy atom. The third kappa shape index (κ3) is 1.83. The van der Waals surface area contributed by atoms with Crippen molar-refractivity contribution < 1.29 is 9.90 Å². The van der Waals surface area contributed by atoms with Crippen molar-refractivity contribution in [3.63, 3.8) is 0 Å². The van der Waals surface area contributed by atoms with Crippen LogP contribution in [0.5, 0.6) is 0 Å². The molecule has 1 N–H and O–H groups in total. The Morgan fingerprint density at radius 3 is 2.76 bits per heavy atom. The molecule has 0 aliphatic heterocycles. The minimum atomic E-state index is -1.35. The number of aliphatic hydroxyl groups is 1. The molecule has 2 heteroatoms. The summed E-state index contributed by atoms with van der Waals surface area (Å²) in [5, 5.41) is 10.8. The smallest absolute Gasteiger partial charge is 0.169 e. The van der Waals surface area contributed by atoms with Gasteiger partial charge in [-0.2, -0.15) is 0 Å². The Bertz CT molecular complexity index is 462. The third-order valence-corrected chi connectivity index (χ3v) is 3.61. The average Bonchev–Trinajstić information content (AvgIpc) is 2.34. The molecule has 0 unspecified atom stereocenters. The number of Topliss-reactive ketones (excluding diaryl/α,β-unsaturated/α-hetero) is 1. The number of allylic oxidation sites excluding steroid dienone is 1. The molecule has 0 bridgehead atoms. The molecule has 17 heavy (non-hydrogen) atoms. The van der Waals surface area contributed by atoms with E-state index in [1.807, 2.05) is 50.3 Å². The van der Waals surface area contributed by atoms with Gasteiger partial charge in [0.2, 0.25) is 0 Å². The summed E-state index contributed by atoms with van der Waals surface area (Å²) in [4.78, 5) is 12.1. The van der Waals surface area contributed by atoms with Gasteiger partial charge in [0.05, 0.1) is 0 Å². The summed E-state index contributed by atoms with van der Waals surface area (Å²) in [5.41, 5.74) is 0.522. The molecule has 0 radical (unpaired) electrons. The number of ketones is 1. The average molecular weight is 230 g/mol. The van der Waals surface area contributed by atoms with Gasteiger partial charge in [-0.1, -0.05) is 43.3 Å². The molecule has 1 aliphatic rings. The molecule has 0 heterocycles. The van der Waals surface area contributed by atoms with Crippen LogP contribution in [0.15, 0.2) is 36.4 Å². The predicted molar refractivity (Wildman–Crippen MR) is 67.6 cm³/mol. The van der Waals surface area contributed by atoms with Gasteiger partial charge < -0.3 is 5.11 Å². The zero-order valence-corrected chi connectivity index (χ0v) is 10.3. The zero-order chi connectivity index (χ0) is 12.5. The molecule has 0 aromatic heterocycles. The van der Waals surface area contributed by atoms with Crippen molar-refractivity contribution >= 4 is 5.78 Å². The lowest BCUT2D eigenvalue weighted by atomic mass is 9.71. The summed E-state index contributed by atoms with van der Waals surface area (Å²) < 4.78 is 0. The van der Waals surface area contributed by atoms with Crippen molar-refractivity contribution in [2.45, 2.75) is 32.3 Å². The minimum Gasteiger partial charge on any atom is -0.377 e. The van der Waals surface area contributed by atoms with E-state index >= 15 is 0 Å². The van der Waals surface area contributed by atoms with Gasteiger partial charge in [0.1, 0.15) is 0 Å². The first-order chi connectivity index (χ1) is 8.10. The van der Waals surface area contributed by atoms with Crippen LogP contribution in [0.2, 0.25) is 0 Å². The topological polar surface area (TPSA) is 37.3 Å². The quantitative estimate of drug-likeness (QED) is 0.793. The summed E-state index contributed by atoms with van der Waals surface area (Å²) in [6, 6.07) is 7.70. The number of rotatable bonds is 2. The van der Waals surface area contributed by atoms with E-state index in [1.54, 1.807) is 0 Å². The SMILES string of the molecule is C/C=C\[C@@H](C)[C@@]1(O)C(=O)CCc2ccccc21. The maximum absolute atomic E-state index is 12.1. The lowest BCUT2D eigenvalue weighted by molar-refractivity contribution is -0.143. The highest BCUT2D eigenvalue weighted by atomic mass is 16.3. The number of hydrogen-bond acceptors (Lipinski definition) is 2. The van der Waals surface area contributed by atoms with E-state index < -0.39 is 5.60 Å². The largest absolute Gasteiger partial charge is 0.377 e. The summed E-state index contributed by atoms with van der Waals surface area (Å²) in [5.74, 6) is -0.261. The second kappa shape index (κ2) is 4.46. The standard InChI is InChI=1S/C15H18O2/c1-3-6-11(2)15(17)13-8-5-4-7-12(13)9-10-14(15)16/h3-8,11,17H,9-10H2,1-2H3/b6-3-/t11-,15+/m1/s1. The van der Waals surface area contributed by atoms with Crippen LogP contribution in [0.4, 0.5) is 0 Å². The van der Waals surface area contributed by atoms with Gasteiger partial charge >= 0.3 is 0 Å². The van der Waals surface area contributed by atoms with Crippen LogP contribution in [-0.2, 0) is 16.8 Å². The monoisotopic (exact) mass is 230 g/mol. The molecule has 90 valence electrons. The molecule has 0 spiro atoms. The molecule has 1 aromatic rings. The van der Waals surface area contributed by atoms with Crippen molar-refractivity contribution in [1.29, 1.82) is 0 Å². The van der Waals surface area contributed by atoms with Crippen LogP contribution in [0.25, 0.3) is 0 Å². The Labute approximate surface area is 102 Å². The van der Waals surface area contributed by atoms with E-state index in [-0.39, 0.29) is 11.7 Å². The summed E-state index contributed by atoms with van der Waals surface area (Å²) in [6.07, 6.45) is 4.93. The van der Waals surface area contributed by atoms with Crippen molar-refractivity contribution in [2.24, 2.45) is 5.92 Å². The molecular formula is C15H18O2. The molecule has 2 rings (SSSR count). The fraction of sp³-hybridized carbons (Fsp3) is 0.400. The fourth-order valence-electron chi connectivity index (χ4n) is 2.63. The van der Waals surface area contributed by atoms with Crippen molar-refractivity contribution in [2.75, 3.05) is 0 Å². The van der Waals surface area contributed by atoms with E-state index in [9.17, 15) is 9.90 Å². The lowest BCUT2D eigenvalue weighted by Crippen LogP contribution is -2.44. The van der Waals surface area contributed by atoms with Gasteiger partial charge in [0.25, 0.3) is 0 Å².